The summed E-state index contributed by atoms with van der Waals surface area (Å²) < 4.78 is 70.9. The zero-order chi connectivity index (χ0) is 24.5. The first-order valence-electron chi connectivity index (χ1n) is 10.5. The number of benzene rings is 1. The Hall–Kier alpha value is -1.49. The second kappa shape index (κ2) is 9.79. The summed E-state index contributed by atoms with van der Waals surface area (Å²) in [6.45, 7) is 11.4. The summed E-state index contributed by atoms with van der Waals surface area (Å²) in [5.74, 6) is -4.80. The first kappa shape index (κ1) is 26.8. The number of nitrogens with zero attached hydrogens (tertiary/aromatic N) is 1. The monoisotopic (exact) mass is 478 g/mol. The Bertz CT molecular complexity index is 811. The van der Waals surface area contributed by atoms with Crippen molar-refractivity contribution >= 4 is 17.5 Å². The van der Waals surface area contributed by atoms with E-state index in [2.05, 4.69) is 4.72 Å². The molecular weight excluding hydrogens is 445 g/mol. The number of alkyl halides is 2. The molecule has 6 nitrogen and oxygen atoms in total. The van der Waals surface area contributed by atoms with Gasteiger partial charge in [0.25, 0.3) is 0 Å². The summed E-state index contributed by atoms with van der Waals surface area (Å²) in [6, 6.07) is 2.94. The van der Waals surface area contributed by atoms with Crippen LogP contribution in [-0.2, 0) is 26.8 Å². The van der Waals surface area contributed by atoms with Crippen LogP contribution in [0.1, 0.15) is 65.6 Å². The number of amides is 1. The number of carbonyl (C=O) groups excluding carboxylic acids is 1. The van der Waals surface area contributed by atoms with Crippen molar-refractivity contribution in [3.63, 3.8) is 0 Å². The highest BCUT2D eigenvalue weighted by atomic mass is 32.2. The van der Waals surface area contributed by atoms with E-state index in [-0.39, 0.29) is 18.7 Å². The third kappa shape index (κ3) is 6.52. The molecule has 182 valence electrons. The third-order valence-electron chi connectivity index (χ3n) is 4.82. The predicted octanol–water partition coefficient (Wildman–Crippen LogP) is 4.67. The molecule has 1 aromatic rings. The van der Waals surface area contributed by atoms with Crippen molar-refractivity contribution < 1.29 is 32.0 Å². The molecule has 3 atom stereocenters. The minimum Gasteiger partial charge on any atom is -0.598 e. The zero-order valence-corrected chi connectivity index (χ0v) is 20.4. The lowest BCUT2D eigenvalue weighted by Crippen LogP contribution is -2.52. The topological polar surface area (TPSA) is 73.9 Å². The van der Waals surface area contributed by atoms with Gasteiger partial charge in [0.1, 0.15) is 22.3 Å². The second-order valence-electron chi connectivity index (χ2n) is 9.84. The van der Waals surface area contributed by atoms with Crippen molar-refractivity contribution in [2.45, 2.75) is 76.9 Å². The number of ether oxygens (including phenoxy) is 2. The van der Waals surface area contributed by atoms with Crippen LogP contribution in [0.3, 0.4) is 0 Å². The number of halogens is 3. The van der Waals surface area contributed by atoms with Crippen molar-refractivity contribution in [3.05, 3.63) is 35.1 Å². The Morgan fingerprint density at radius 2 is 1.91 bits per heavy atom. The lowest BCUT2D eigenvalue weighted by Gasteiger charge is -2.37. The van der Waals surface area contributed by atoms with Gasteiger partial charge in [0, 0.05) is 23.5 Å². The van der Waals surface area contributed by atoms with E-state index in [4.69, 9.17) is 9.47 Å². The summed E-state index contributed by atoms with van der Waals surface area (Å²) in [5.41, 5.74) is -1.63. The van der Waals surface area contributed by atoms with Gasteiger partial charge in [-0.25, -0.2) is 9.18 Å². The maximum Gasteiger partial charge on any atom is 0.410 e. The molecular formula is C22H33F3N2O4S. The molecule has 1 heterocycles. The Morgan fingerprint density at radius 1 is 1.28 bits per heavy atom. The molecule has 0 radical (unpaired) electrons. The van der Waals surface area contributed by atoms with Gasteiger partial charge in [-0.1, -0.05) is 12.1 Å². The van der Waals surface area contributed by atoms with Gasteiger partial charge in [0.15, 0.2) is 0 Å². The van der Waals surface area contributed by atoms with Gasteiger partial charge in [-0.3, -0.25) is 0 Å². The van der Waals surface area contributed by atoms with Crippen LogP contribution in [0.2, 0.25) is 0 Å². The van der Waals surface area contributed by atoms with E-state index in [9.17, 15) is 9.35 Å². The predicted molar refractivity (Wildman–Crippen MR) is 117 cm³/mol. The third-order valence-corrected chi connectivity index (χ3v) is 6.50. The number of morpholine rings is 1. The maximum absolute atomic E-state index is 15.3. The Balaban J connectivity index is 2.24. The fourth-order valence-electron chi connectivity index (χ4n) is 3.08. The van der Waals surface area contributed by atoms with E-state index in [1.807, 2.05) is 0 Å². The summed E-state index contributed by atoms with van der Waals surface area (Å²) in [5, 5.41) is 0. The second-order valence-corrected chi connectivity index (χ2v) is 11.8. The molecule has 0 aromatic heterocycles. The Morgan fingerprint density at radius 3 is 2.47 bits per heavy atom. The number of hydrogen-bond donors (Lipinski definition) is 1. The maximum atomic E-state index is 15.3. The molecule has 0 saturated carbocycles. The van der Waals surface area contributed by atoms with Gasteiger partial charge in [-0.2, -0.15) is 8.78 Å². The van der Waals surface area contributed by atoms with Gasteiger partial charge in [-0.15, -0.1) is 4.72 Å². The summed E-state index contributed by atoms with van der Waals surface area (Å²) in [4.78, 5) is 13.5. The first-order valence-corrected chi connectivity index (χ1v) is 11.6. The Labute approximate surface area is 191 Å². The smallest absolute Gasteiger partial charge is 0.410 e. The molecule has 1 amide bonds. The Kier molecular flexibility index (Phi) is 8.18. The van der Waals surface area contributed by atoms with Crippen LogP contribution in [0.4, 0.5) is 18.0 Å². The van der Waals surface area contributed by atoms with E-state index < -0.39 is 63.8 Å². The molecule has 1 saturated heterocycles. The summed E-state index contributed by atoms with van der Waals surface area (Å²) >= 11 is -1.51. The van der Waals surface area contributed by atoms with Gasteiger partial charge >= 0.3 is 12.0 Å². The van der Waals surface area contributed by atoms with Crippen LogP contribution in [-0.4, -0.2) is 51.7 Å². The summed E-state index contributed by atoms with van der Waals surface area (Å²) in [6.07, 6.45) is -2.46. The SMILES string of the molecule is C[C@@H](N[S@+]([O-])C(C)(C)C)c1cccc(C(F)(F)[C@H]2CN(C(=O)OC(C)(C)C)CCO2)c1F. The molecule has 1 aliphatic heterocycles. The number of hydrogen-bond acceptors (Lipinski definition) is 5. The standard InChI is InChI=1S/C22H33F3N2O4S/c1-14(26-32(29)21(5,6)7)15-9-8-10-16(18(15)23)22(24,25)17-13-27(11-12-30-17)19(28)31-20(2,3)4/h8-10,14,17,26H,11-13H2,1-7H3/t14-,17-,32-/m1/s1. The summed E-state index contributed by atoms with van der Waals surface area (Å²) in [7, 11) is 0. The molecule has 10 heteroatoms. The van der Waals surface area contributed by atoms with Gasteiger partial charge < -0.3 is 18.9 Å². The van der Waals surface area contributed by atoms with E-state index in [1.165, 1.54) is 12.1 Å². The highest BCUT2D eigenvalue weighted by Gasteiger charge is 2.48. The number of nitrogens with one attached hydrogen (secondary N) is 1. The normalized spacial score (nSPS) is 20.1. The molecule has 0 unspecified atom stereocenters. The number of carbonyl (C=O) groups is 1. The minimum absolute atomic E-state index is 0.0282. The average molecular weight is 479 g/mol. The molecule has 0 aliphatic carbocycles. The lowest BCUT2D eigenvalue weighted by atomic mass is 9.96. The van der Waals surface area contributed by atoms with Crippen molar-refractivity contribution in [2.24, 2.45) is 0 Å². The van der Waals surface area contributed by atoms with Crippen LogP contribution in [0.25, 0.3) is 0 Å². The molecule has 1 aromatic carbocycles. The van der Waals surface area contributed by atoms with Crippen LogP contribution in [0.5, 0.6) is 0 Å². The van der Waals surface area contributed by atoms with Crippen LogP contribution in [0.15, 0.2) is 18.2 Å². The van der Waals surface area contributed by atoms with E-state index >= 15 is 13.2 Å². The van der Waals surface area contributed by atoms with Crippen molar-refractivity contribution in [1.29, 1.82) is 0 Å². The fraction of sp³-hybridized carbons (Fsp3) is 0.682. The molecule has 1 aliphatic rings. The molecule has 2 rings (SSSR count). The minimum atomic E-state index is -3.70. The van der Waals surface area contributed by atoms with Gasteiger partial charge in [-0.05, 0) is 54.5 Å². The molecule has 0 bridgehead atoms. The van der Waals surface area contributed by atoms with Crippen LogP contribution < -0.4 is 4.72 Å². The molecule has 32 heavy (non-hydrogen) atoms. The number of rotatable bonds is 5. The van der Waals surface area contributed by atoms with E-state index in [0.717, 1.165) is 11.0 Å². The fourth-order valence-corrected chi connectivity index (χ4v) is 3.88. The lowest BCUT2D eigenvalue weighted by molar-refractivity contribution is -0.171. The molecule has 1 N–H and O–H groups in total. The molecule has 0 spiro atoms. The largest absolute Gasteiger partial charge is 0.598 e. The van der Waals surface area contributed by atoms with E-state index in [1.54, 1.807) is 48.5 Å². The highest BCUT2D eigenvalue weighted by molar-refractivity contribution is 7.90. The zero-order valence-electron chi connectivity index (χ0n) is 19.6. The van der Waals surface area contributed by atoms with Gasteiger partial charge in [0.05, 0.1) is 24.8 Å². The van der Waals surface area contributed by atoms with Crippen LogP contribution in [0, 0.1) is 5.82 Å². The van der Waals surface area contributed by atoms with Crippen molar-refractivity contribution in [2.75, 3.05) is 19.7 Å². The van der Waals surface area contributed by atoms with Crippen molar-refractivity contribution in [1.82, 2.24) is 9.62 Å². The van der Waals surface area contributed by atoms with E-state index in [0.29, 0.717) is 0 Å². The highest BCUT2D eigenvalue weighted by Crippen LogP contribution is 2.38. The quantitative estimate of drug-likeness (QED) is 0.623. The van der Waals surface area contributed by atoms with Gasteiger partial charge in [0.2, 0.25) is 0 Å². The van der Waals surface area contributed by atoms with Crippen molar-refractivity contribution in [3.8, 4) is 0 Å². The molecule has 1 fully saturated rings. The first-order chi connectivity index (χ1) is 14.5. The average Bonchev–Trinajstić information content (AvgIpc) is 2.65. The van der Waals surface area contributed by atoms with Crippen LogP contribution >= 0.6 is 0 Å².